The summed E-state index contributed by atoms with van der Waals surface area (Å²) in [5.74, 6) is -1.14. The van der Waals surface area contributed by atoms with E-state index in [2.05, 4.69) is 15.5 Å². The molecule has 138 valence electrons. The number of aromatic hydroxyl groups is 1. The molecule has 0 spiro atoms. The van der Waals surface area contributed by atoms with Crippen LogP contribution in [0.1, 0.15) is 21.7 Å². The second kappa shape index (κ2) is 7.12. The fourth-order valence-corrected chi connectivity index (χ4v) is 2.59. The number of nitrogens with zero attached hydrogens (tertiary/aromatic N) is 4. The molecule has 1 amide bonds. The second-order valence-corrected chi connectivity index (χ2v) is 5.52. The Bertz CT molecular complexity index is 1070. The summed E-state index contributed by atoms with van der Waals surface area (Å²) in [4.78, 5) is 27.0. The molecule has 2 N–H and O–H groups in total. The highest BCUT2D eigenvalue weighted by molar-refractivity contribution is 5.95. The van der Waals surface area contributed by atoms with E-state index in [1.807, 2.05) is 6.07 Å². The molecule has 10 nitrogen and oxygen atoms in total. The first-order valence-corrected chi connectivity index (χ1v) is 7.75. The Kier molecular flexibility index (Phi) is 4.71. The maximum absolute atomic E-state index is 12.4. The lowest BCUT2D eigenvalue weighted by atomic mass is 10.2. The van der Waals surface area contributed by atoms with E-state index >= 15 is 0 Å². The monoisotopic (exact) mass is 369 g/mol. The van der Waals surface area contributed by atoms with Gasteiger partial charge in [0.15, 0.2) is 5.75 Å². The van der Waals surface area contributed by atoms with E-state index in [0.717, 1.165) is 6.07 Å². The van der Waals surface area contributed by atoms with Crippen molar-refractivity contribution in [1.29, 1.82) is 0 Å². The van der Waals surface area contributed by atoms with Crippen molar-refractivity contribution in [3.05, 3.63) is 63.6 Å². The van der Waals surface area contributed by atoms with Crippen LogP contribution in [0.4, 0.5) is 5.69 Å². The van der Waals surface area contributed by atoms with Gasteiger partial charge in [-0.3, -0.25) is 19.3 Å². The summed E-state index contributed by atoms with van der Waals surface area (Å²) in [5, 5.41) is 24.6. The number of carbonyl (C=O) groups is 1. The lowest BCUT2D eigenvalue weighted by Crippen LogP contribution is -2.20. The standard InChI is InChI=1S/C17H15N5O5/c1-10-15(21-6-4-3-5-14(21)19-10)17(24)20-18-9-11-7-12(22(25)26)16(23)13(8-11)27-2/h3-9,23H,1-2H3,(H,20,24)/b18-9+. The van der Waals surface area contributed by atoms with Gasteiger partial charge >= 0.3 is 5.69 Å². The third kappa shape index (κ3) is 3.40. The van der Waals surface area contributed by atoms with Gasteiger partial charge < -0.3 is 9.84 Å². The fraction of sp³-hybridized carbons (Fsp3) is 0.118. The average molecular weight is 369 g/mol. The minimum absolute atomic E-state index is 0.0744. The van der Waals surface area contributed by atoms with Crippen LogP contribution in [0.25, 0.3) is 5.65 Å². The molecule has 3 rings (SSSR count). The first-order chi connectivity index (χ1) is 12.9. The number of nitrogens with one attached hydrogen (secondary N) is 1. The Hall–Kier alpha value is -3.95. The first-order valence-electron chi connectivity index (χ1n) is 7.75. The summed E-state index contributed by atoms with van der Waals surface area (Å²) in [7, 11) is 1.27. The lowest BCUT2D eigenvalue weighted by molar-refractivity contribution is -0.386. The number of hydrazone groups is 1. The summed E-state index contributed by atoms with van der Waals surface area (Å²) in [6, 6.07) is 7.84. The highest BCUT2D eigenvalue weighted by atomic mass is 16.6. The van der Waals surface area contributed by atoms with Crippen molar-refractivity contribution in [3.8, 4) is 11.5 Å². The van der Waals surface area contributed by atoms with Crippen molar-refractivity contribution in [2.75, 3.05) is 7.11 Å². The molecule has 0 bridgehead atoms. The van der Waals surface area contributed by atoms with Gasteiger partial charge in [-0.15, -0.1) is 0 Å². The van der Waals surface area contributed by atoms with Crippen LogP contribution in [0.5, 0.6) is 11.5 Å². The number of imidazole rings is 1. The van der Waals surface area contributed by atoms with Crippen LogP contribution < -0.4 is 10.2 Å². The quantitative estimate of drug-likeness (QED) is 0.402. The predicted octanol–water partition coefficient (Wildman–Crippen LogP) is 2.03. The number of amides is 1. The molecule has 2 aromatic heterocycles. The molecule has 0 saturated carbocycles. The number of benzene rings is 1. The average Bonchev–Trinajstić information content (AvgIpc) is 2.98. The van der Waals surface area contributed by atoms with Gasteiger partial charge in [0, 0.05) is 17.8 Å². The molecule has 1 aromatic carbocycles. The van der Waals surface area contributed by atoms with E-state index in [4.69, 9.17) is 4.74 Å². The smallest absolute Gasteiger partial charge is 0.315 e. The van der Waals surface area contributed by atoms with Crippen molar-refractivity contribution in [2.24, 2.45) is 5.10 Å². The molecule has 10 heteroatoms. The molecular weight excluding hydrogens is 354 g/mol. The summed E-state index contributed by atoms with van der Waals surface area (Å²) in [6.07, 6.45) is 2.92. The van der Waals surface area contributed by atoms with Gasteiger partial charge in [0.25, 0.3) is 5.91 Å². The van der Waals surface area contributed by atoms with Gasteiger partial charge in [-0.1, -0.05) is 6.07 Å². The Labute approximate surface area is 152 Å². The van der Waals surface area contributed by atoms with Gasteiger partial charge in [-0.25, -0.2) is 10.4 Å². The van der Waals surface area contributed by atoms with Crippen molar-refractivity contribution in [1.82, 2.24) is 14.8 Å². The maximum Gasteiger partial charge on any atom is 0.315 e. The number of phenolic OH excluding ortho intramolecular Hbond substituents is 1. The number of fused-ring (bicyclic) bond motifs is 1. The number of aryl methyl sites for hydroxylation is 1. The minimum atomic E-state index is -0.741. The first kappa shape index (κ1) is 17.9. The number of ether oxygens (including phenoxy) is 1. The number of rotatable bonds is 5. The summed E-state index contributed by atoms with van der Waals surface area (Å²) >= 11 is 0. The summed E-state index contributed by atoms with van der Waals surface area (Å²) in [6.45, 7) is 1.71. The van der Waals surface area contributed by atoms with Gasteiger partial charge in [0.05, 0.1) is 23.9 Å². The van der Waals surface area contributed by atoms with Gasteiger partial charge in [-0.05, 0) is 25.1 Å². The maximum atomic E-state index is 12.4. The van der Waals surface area contributed by atoms with Crippen LogP contribution in [0.2, 0.25) is 0 Å². The molecule has 0 atom stereocenters. The van der Waals surface area contributed by atoms with Crippen LogP contribution in [0.3, 0.4) is 0 Å². The number of phenols is 1. The third-order valence-corrected chi connectivity index (χ3v) is 3.79. The van der Waals surface area contributed by atoms with Gasteiger partial charge in [0.1, 0.15) is 11.3 Å². The fourth-order valence-electron chi connectivity index (χ4n) is 2.59. The topological polar surface area (TPSA) is 131 Å². The van der Waals surface area contributed by atoms with Crippen LogP contribution in [0, 0.1) is 17.0 Å². The summed E-state index contributed by atoms with van der Waals surface area (Å²) in [5.41, 5.74) is 3.60. The normalized spacial score (nSPS) is 11.0. The van der Waals surface area contributed by atoms with Crippen LogP contribution in [0.15, 0.2) is 41.6 Å². The second-order valence-electron chi connectivity index (χ2n) is 5.52. The highest BCUT2D eigenvalue weighted by Crippen LogP contribution is 2.36. The van der Waals surface area contributed by atoms with Crippen LogP contribution in [-0.2, 0) is 0 Å². The Balaban J connectivity index is 1.85. The van der Waals surface area contributed by atoms with E-state index < -0.39 is 22.3 Å². The molecule has 0 radical (unpaired) electrons. The van der Waals surface area contributed by atoms with Gasteiger partial charge in [-0.2, -0.15) is 5.10 Å². The Morgan fingerprint density at radius 1 is 1.44 bits per heavy atom. The highest BCUT2D eigenvalue weighted by Gasteiger charge is 2.19. The van der Waals surface area contributed by atoms with E-state index in [1.165, 1.54) is 19.4 Å². The zero-order valence-corrected chi connectivity index (χ0v) is 14.4. The number of pyridine rings is 1. The molecule has 0 saturated heterocycles. The van der Waals surface area contributed by atoms with E-state index in [9.17, 15) is 20.0 Å². The molecule has 0 unspecified atom stereocenters. The largest absolute Gasteiger partial charge is 0.500 e. The van der Waals surface area contributed by atoms with Crippen molar-refractivity contribution < 1.29 is 19.6 Å². The number of methoxy groups -OCH3 is 1. The molecule has 27 heavy (non-hydrogen) atoms. The molecule has 0 aliphatic carbocycles. The van der Waals surface area contributed by atoms with Crippen molar-refractivity contribution >= 4 is 23.5 Å². The number of nitro benzene ring substituents is 1. The van der Waals surface area contributed by atoms with Crippen molar-refractivity contribution in [2.45, 2.75) is 6.92 Å². The Morgan fingerprint density at radius 2 is 2.22 bits per heavy atom. The van der Waals surface area contributed by atoms with E-state index in [1.54, 1.807) is 29.7 Å². The van der Waals surface area contributed by atoms with Gasteiger partial charge in [0.2, 0.25) is 5.75 Å². The van der Waals surface area contributed by atoms with E-state index in [0.29, 0.717) is 17.0 Å². The number of nitro groups is 1. The molecular formula is C17H15N5O5. The summed E-state index contributed by atoms with van der Waals surface area (Å²) < 4.78 is 6.55. The molecule has 0 aliphatic heterocycles. The number of carbonyl (C=O) groups excluding carboxylic acids is 1. The number of hydrogen-bond acceptors (Lipinski definition) is 7. The Morgan fingerprint density at radius 3 is 2.93 bits per heavy atom. The van der Waals surface area contributed by atoms with Crippen LogP contribution in [-0.4, -0.2) is 38.6 Å². The SMILES string of the molecule is COc1cc(/C=N/NC(=O)c2c(C)nc3ccccn23)cc([N+](=O)[O-])c1O. The lowest BCUT2D eigenvalue weighted by Gasteiger charge is -2.05. The molecule has 2 heterocycles. The van der Waals surface area contributed by atoms with Crippen molar-refractivity contribution in [3.63, 3.8) is 0 Å². The number of aromatic nitrogens is 2. The number of hydrogen-bond donors (Lipinski definition) is 2. The minimum Gasteiger partial charge on any atom is -0.500 e. The molecule has 0 fully saturated rings. The van der Waals surface area contributed by atoms with E-state index in [-0.39, 0.29) is 11.3 Å². The van der Waals surface area contributed by atoms with Crippen LogP contribution >= 0.6 is 0 Å². The zero-order valence-electron chi connectivity index (χ0n) is 14.4. The zero-order chi connectivity index (χ0) is 19.6. The molecule has 0 aliphatic rings. The predicted molar refractivity (Wildman–Crippen MR) is 96.3 cm³/mol. The molecule has 3 aromatic rings. The third-order valence-electron chi connectivity index (χ3n) is 3.79.